The molecule has 0 saturated heterocycles. The van der Waals surface area contributed by atoms with Gasteiger partial charge < -0.3 is 9.47 Å². The van der Waals surface area contributed by atoms with Crippen LogP contribution in [0.2, 0.25) is 5.02 Å². The van der Waals surface area contributed by atoms with Crippen LogP contribution in [0.15, 0.2) is 36.4 Å². The van der Waals surface area contributed by atoms with Crippen LogP contribution in [-0.2, 0) is 4.74 Å². The van der Waals surface area contributed by atoms with Gasteiger partial charge in [0.05, 0.1) is 25.9 Å². The van der Waals surface area contributed by atoms with Gasteiger partial charge in [-0.15, -0.1) is 0 Å². The van der Waals surface area contributed by atoms with Crippen molar-refractivity contribution in [3.8, 4) is 16.9 Å². The van der Waals surface area contributed by atoms with Gasteiger partial charge in [-0.05, 0) is 42.3 Å². The Morgan fingerprint density at radius 1 is 1.14 bits per heavy atom. The minimum Gasteiger partial charge on any atom is -0.497 e. The fourth-order valence-corrected chi connectivity index (χ4v) is 3.06. The maximum atomic E-state index is 12.2. The molecule has 0 bridgehead atoms. The zero-order valence-electron chi connectivity index (χ0n) is 12.6. The average Bonchev–Trinajstić information content (AvgIpc) is 2.54. The molecule has 4 nitrogen and oxygen atoms in total. The average molecular weight is 318 g/mol. The van der Waals surface area contributed by atoms with E-state index < -0.39 is 6.09 Å². The number of benzene rings is 2. The van der Waals surface area contributed by atoms with Crippen molar-refractivity contribution < 1.29 is 14.3 Å². The Hall–Kier alpha value is -2.20. The summed E-state index contributed by atoms with van der Waals surface area (Å²) in [5.74, 6) is 0.776. The van der Waals surface area contributed by atoms with Crippen LogP contribution in [0.3, 0.4) is 0 Å². The number of carbonyl (C=O) groups is 1. The summed E-state index contributed by atoms with van der Waals surface area (Å²) < 4.78 is 10.3. The van der Waals surface area contributed by atoms with Gasteiger partial charge in [-0.25, -0.2) is 4.79 Å². The van der Waals surface area contributed by atoms with E-state index in [-0.39, 0.29) is 6.04 Å². The van der Waals surface area contributed by atoms with E-state index in [1.807, 2.05) is 37.3 Å². The molecule has 2 aromatic rings. The second kappa shape index (κ2) is 5.54. The summed E-state index contributed by atoms with van der Waals surface area (Å²) in [4.78, 5) is 13.8. The summed E-state index contributed by atoms with van der Waals surface area (Å²) in [5, 5.41) is 0.575. The Kier molecular flexibility index (Phi) is 3.71. The molecule has 0 radical (unpaired) electrons. The van der Waals surface area contributed by atoms with E-state index in [2.05, 4.69) is 0 Å². The topological polar surface area (TPSA) is 38.8 Å². The molecule has 1 atom stereocenters. The van der Waals surface area contributed by atoms with Gasteiger partial charge in [0, 0.05) is 10.6 Å². The Bertz CT molecular complexity index is 745. The maximum Gasteiger partial charge on any atom is 0.414 e. The molecule has 1 aliphatic rings. The van der Waals surface area contributed by atoms with E-state index >= 15 is 0 Å². The molecule has 0 aliphatic carbocycles. The first-order chi connectivity index (χ1) is 10.6. The van der Waals surface area contributed by atoms with Crippen molar-refractivity contribution in [2.75, 3.05) is 19.1 Å². The van der Waals surface area contributed by atoms with Crippen LogP contribution in [0.5, 0.6) is 5.75 Å². The number of carbonyl (C=O) groups excluding carboxylic acids is 1. The summed E-state index contributed by atoms with van der Waals surface area (Å²) in [6, 6.07) is 11.2. The maximum absolute atomic E-state index is 12.2. The number of hydrogen-bond acceptors (Lipinski definition) is 3. The number of fused-ring (bicyclic) bond motifs is 3. The minimum atomic E-state index is -0.405. The summed E-state index contributed by atoms with van der Waals surface area (Å²) in [5.41, 5.74) is 3.76. The second-order valence-corrected chi connectivity index (χ2v) is 5.57. The van der Waals surface area contributed by atoms with Crippen LogP contribution in [0.4, 0.5) is 10.5 Å². The summed E-state index contributed by atoms with van der Waals surface area (Å²) in [6.07, 6.45) is -0.405. The minimum absolute atomic E-state index is 0.153. The SMILES string of the molecule is COC(=O)N1c2cc(Cl)ccc2-c2cc(OC)ccc2C1C. The molecular formula is C17H16ClNO3. The summed E-state index contributed by atoms with van der Waals surface area (Å²) in [7, 11) is 3.01. The summed E-state index contributed by atoms with van der Waals surface area (Å²) >= 11 is 6.12. The first-order valence-corrected chi connectivity index (χ1v) is 7.29. The second-order valence-electron chi connectivity index (χ2n) is 5.13. The number of rotatable bonds is 1. The van der Waals surface area contributed by atoms with Crippen molar-refractivity contribution in [3.05, 3.63) is 47.0 Å². The number of ether oxygens (including phenoxy) is 2. The van der Waals surface area contributed by atoms with Crippen LogP contribution >= 0.6 is 11.6 Å². The molecule has 114 valence electrons. The molecule has 1 unspecified atom stereocenters. The fourth-order valence-electron chi connectivity index (χ4n) is 2.89. The number of hydrogen-bond donors (Lipinski definition) is 0. The number of halogens is 1. The monoisotopic (exact) mass is 317 g/mol. The van der Waals surface area contributed by atoms with Gasteiger partial charge >= 0.3 is 6.09 Å². The smallest absolute Gasteiger partial charge is 0.414 e. The van der Waals surface area contributed by atoms with Crippen molar-refractivity contribution in [1.82, 2.24) is 0 Å². The molecular weight excluding hydrogens is 302 g/mol. The molecule has 0 saturated carbocycles. The van der Waals surface area contributed by atoms with Crippen molar-refractivity contribution in [3.63, 3.8) is 0 Å². The van der Waals surface area contributed by atoms with E-state index in [4.69, 9.17) is 21.1 Å². The van der Waals surface area contributed by atoms with Gasteiger partial charge in [0.15, 0.2) is 0 Å². The third kappa shape index (κ3) is 2.20. The fraction of sp³-hybridized carbons (Fsp3) is 0.235. The zero-order chi connectivity index (χ0) is 15.9. The molecule has 0 spiro atoms. The van der Waals surface area contributed by atoms with Gasteiger partial charge in [0.1, 0.15) is 5.75 Å². The number of anilines is 1. The highest BCUT2D eigenvalue weighted by Crippen LogP contribution is 2.46. The van der Waals surface area contributed by atoms with Gasteiger partial charge in [0.25, 0.3) is 0 Å². The predicted molar refractivity (Wildman–Crippen MR) is 86.7 cm³/mol. The van der Waals surface area contributed by atoms with E-state index in [1.54, 1.807) is 18.1 Å². The molecule has 5 heteroatoms. The van der Waals surface area contributed by atoms with Crippen molar-refractivity contribution in [2.24, 2.45) is 0 Å². The van der Waals surface area contributed by atoms with E-state index in [1.165, 1.54) is 7.11 Å². The zero-order valence-corrected chi connectivity index (χ0v) is 13.3. The van der Waals surface area contributed by atoms with Gasteiger partial charge in [-0.3, -0.25) is 4.90 Å². The molecule has 0 aromatic heterocycles. The first-order valence-electron chi connectivity index (χ1n) is 6.92. The van der Waals surface area contributed by atoms with Crippen LogP contribution in [0.25, 0.3) is 11.1 Å². The van der Waals surface area contributed by atoms with Gasteiger partial charge in [-0.1, -0.05) is 23.7 Å². The van der Waals surface area contributed by atoms with E-state index in [0.29, 0.717) is 5.02 Å². The standard InChI is InChI=1S/C17H16ClNO3/c1-10-13-7-5-12(21-2)9-15(13)14-6-4-11(18)8-16(14)19(10)17(20)22-3/h4-10H,1-3H3. The first kappa shape index (κ1) is 14.7. The Balaban J connectivity index is 2.27. The highest BCUT2D eigenvalue weighted by atomic mass is 35.5. The van der Waals surface area contributed by atoms with Crippen LogP contribution in [-0.4, -0.2) is 20.3 Å². The summed E-state index contributed by atoms with van der Waals surface area (Å²) in [6.45, 7) is 1.96. The molecule has 3 rings (SSSR count). The van der Waals surface area contributed by atoms with Crippen LogP contribution in [0, 0.1) is 0 Å². The van der Waals surface area contributed by atoms with Gasteiger partial charge in [0.2, 0.25) is 0 Å². The molecule has 2 aromatic carbocycles. The van der Waals surface area contributed by atoms with E-state index in [0.717, 1.165) is 28.1 Å². The molecule has 22 heavy (non-hydrogen) atoms. The largest absolute Gasteiger partial charge is 0.497 e. The molecule has 1 heterocycles. The molecule has 1 aliphatic heterocycles. The highest BCUT2D eigenvalue weighted by Gasteiger charge is 2.33. The lowest BCUT2D eigenvalue weighted by atomic mass is 9.89. The predicted octanol–water partition coefficient (Wildman–Crippen LogP) is 4.66. The van der Waals surface area contributed by atoms with Crippen LogP contribution < -0.4 is 9.64 Å². The van der Waals surface area contributed by atoms with Crippen molar-refractivity contribution >= 4 is 23.4 Å². The van der Waals surface area contributed by atoms with Crippen molar-refractivity contribution in [1.29, 1.82) is 0 Å². The third-order valence-electron chi connectivity index (χ3n) is 3.98. The number of amides is 1. The Morgan fingerprint density at radius 3 is 2.59 bits per heavy atom. The number of nitrogens with zero attached hydrogens (tertiary/aromatic N) is 1. The lowest BCUT2D eigenvalue weighted by Crippen LogP contribution is -2.36. The van der Waals surface area contributed by atoms with Gasteiger partial charge in [-0.2, -0.15) is 0 Å². The molecule has 0 N–H and O–H groups in total. The Morgan fingerprint density at radius 2 is 1.91 bits per heavy atom. The normalized spacial score (nSPS) is 15.8. The van der Waals surface area contributed by atoms with Crippen LogP contribution in [0.1, 0.15) is 18.5 Å². The Labute approximate surface area is 134 Å². The quantitative estimate of drug-likeness (QED) is 0.767. The number of methoxy groups -OCH3 is 2. The van der Waals surface area contributed by atoms with Crippen molar-refractivity contribution in [2.45, 2.75) is 13.0 Å². The highest BCUT2D eigenvalue weighted by molar-refractivity contribution is 6.31. The lowest BCUT2D eigenvalue weighted by Gasteiger charge is -2.36. The lowest BCUT2D eigenvalue weighted by molar-refractivity contribution is 0.176. The third-order valence-corrected chi connectivity index (χ3v) is 4.21. The van der Waals surface area contributed by atoms with E-state index in [9.17, 15) is 4.79 Å². The molecule has 1 amide bonds. The molecule has 0 fully saturated rings.